The van der Waals surface area contributed by atoms with Gasteiger partial charge in [0.05, 0.1) is 10.4 Å². The summed E-state index contributed by atoms with van der Waals surface area (Å²) in [6, 6.07) is 1.19. The van der Waals surface area contributed by atoms with Gasteiger partial charge in [-0.2, -0.15) is 0 Å². The molecule has 1 heterocycles. The number of rotatable bonds is 5. The quantitative estimate of drug-likeness (QED) is 0.867. The van der Waals surface area contributed by atoms with E-state index in [2.05, 4.69) is 20.7 Å². The number of sulfonamides is 1. The SMILES string of the molecule is CC[C@@H](CO)NS(=O)(=O)c1cc(C)c(Br)s1. The van der Waals surface area contributed by atoms with Gasteiger partial charge in [-0.25, -0.2) is 13.1 Å². The second-order valence-electron chi connectivity index (χ2n) is 3.43. The molecule has 0 radical (unpaired) electrons. The van der Waals surface area contributed by atoms with E-state index < -0.39 is 16.1 Å². The lowest BCUT2D eigenvalue weighted by Crippen LogP contribution is -2.36. The van der Waals surface area contributed by atoms with Gasteiger partial charge in [0, 0.05) is 6.04 Å². The summed E-state index contributed by atoms with van der Waals surface area (Å²) in [4.78, 5) is 0. The molecule has 0 saturated carbocycles. The molecule has 4 nitrogen and oxygen atoms in total. The molecule has 1 atom stereocenters. The molecule has 0 spiro atoms. The lowest BCUT2D eigenvalue weighted by Gasteiger charge is -2.12. The van der Waals surface area contributed by atoms with Gasteiger partial charge in [-0.1, -0.05) is 6.92 Å². The maximum atomic E-state index is 11.9. The van der Waals surface area contributed by atoms with Crippen molar-refractivity contribution < 1.29 is 13.5 Å². The molecule has 0 aliphatic heterocycles. The third-order valence-electron chi connectivity index (χ3n) is 2.13. The van der Waals surface area contributed by atoms with Crippen LogP contribution in [0, 0.1) is 6.92 Å². The molecule has 1 rings (SSSR count). The van der Waals surface area contributed by atoms with Gasteiger partial charge in [-0.3, -0.25) is 0 Å². The Morgan fingerprint density at radius 2 is 2.25 bits per heavy atom. The van der Waals surface area contributed by atoms with Crippen LogP contribution in [-0.2, 0) is 10.0 Å². The maximum absolute atomic E-state index is 11.9. The zero-order chi connectivity index (χ0) is 12.3. The molecule has 0 bridgehead atoms. The molecule has 0 saturated heterocycles. The minimum absolute atomic E-state index is 0.193. The molecule has 0 aliphatic carbocycles. The summed E-state index contributed by atoms with van der Waals surface area (Å²) < 4.78 is 27.3. The van der Waals surface area contributed by atoms with Crippen LogP contribution in [0.1, 0.15) is 18.9 Å². The van der Waals surface area contributed by atoms with Gasteiger partial charge in [0.1, 0.15) is 4.21 Å². The molecule has 1 aromatic heterocycles. The number of aliphatic hydroxyl groups excluding tert-OH is 1. The van der Waals surface area contributed by atoms with Crippen LogP contribution < -0.4 is 4.72 Å². The van der Waals surface area contributed by atoms with Crippen molar-refractivity contribution in [3.63, 3.8) is 0 Å². The predicted molar refractivity (Wildman–Crippen MR) is 68.2 cm³/mol. The normalized spacial score (nSPS) is 14.0. The van der Waals surface area contributed by atoms with Crippen LogP contribution in [-0.4, -0.2) is 26.2 Å². The number of nitrogens with one attached hydrogen (secondary N) is 1. The van der Waals surface area contributed by atoms with E-state index in [-0.39, 0.29) is 10.8 Å². The summed E-state index contributed by atoms with van der Waals surface area (Å²) in [5.41, 5.74) is 0.891. The van der Waals surface area contributed by atoms with Gasteiger partial charge in [0.15, 0.2) is 0 Å². The van der Waals surface area contributed by atoms with Crippen molar-refractivity contribution in [2.45, 2.75) is 30.5 Å². The maximum Gasteiger partial charge on any atom is 0.250 e. The average Bonchev–Trinajstić information content (AvgIpc) is 2.56. The van der Waals surface area contributed by atoms with E-state index in [0.29, 0.717) is 6.42 Å². The van der Waals surface area contributed by atoms with Gasteiger partial charge >= 0.3 is 0 Å². The van der Waals surface area contributed by atoms with Gasteiger partial charge in [-0.05, 0) is 40.9 Å². The molecule has 0 aromatic carbocycles. The van der Waals surface area contributed by atoms with Crippen molar-refractivity contribution in [3.05, 3.63) is 15.4 Å². The Balaban J connectivity index is 2.94. The van der Waals surface area contributed by atoms with E-state index in [0.717, 1.165) is 9.35 Å². The van der Waals surface area contributed by atoms with Crippen molar-refractivity contribution in [2.24, 2.45) is 0 Å². The minimum Gasteiger partial charge on any atom is -0.395 e. The van der Waals surface area contributed by atoms with Crippen molar-refractivity contribution in [1.82, 2.24) is 4.72 Å². The largest absolute Gasteiger partial charge is 0.395 e. The highest BCUT2D eigenvalue weighted by Gasteiger charge is 2.21. The number of halogens is 1. The summed E-state index contributed by atoms with van der Waals surface area (Å²) >= 11 is 4.45. The number of hydrogen-bond acceptors (Lipinski definition) is 4. The highest BCUT2D eigenvalue weighted by atomic mass is 79.9. The Morgan fingerprint density at radius 1 is 1.62 bits per heavy atom. The summed E-state index contributed by atoms with van der Waals surface area (Å²) in [7, 11) is -3.51. The first-order chi connectivity index (χ1) is 7.40. The molecule has 16 heavy (non-hydrogen) atoms. The van der Waals surface area contributed by atoms with E-state index in [1.54, 1.807) is 6.07 Å². The van der Waals surface area contributed by atoms with Crippen LogP contribution in [0.2, 0.25) is 0 Å². The second-order valence-corrected chi connectivity index (χ2v) is 7.74. The molecular weight excluding hydrogens is 314 g/mol. The van der Waals surface area contributed by atoms with Crippen molar-refractivity contribution in [2.75, 3.05) is 6.61 Å². The second kappa shape index (κ2) is 5.59. The Kier molecular flexibility index (Phi) is 4.93. The van der Waals surface area contributed by atoms with Crippen LogP contribution in [0.3, 0.4) is 0 Å². The molecular formula is C9H14BrNO3S2. The van der Waals surface area contributed by atoms with Crippen molar-refractivity contribution in [1.29, 1.82) is 0 Å². The molecule has 0 fully saturated rings. The minimum atomic E-state index is -3.51. The Labute approximate surface area is 108 Å². The summed E-state index contributed by atoms with van der Waals surface area (Å²) in [6.07, 6.45) is 0.557. The first-order valence-electron chi connectivity index (χ1n) is 4.79. The highest BCUT2D eigenvalue weighted by Crippen LogP contribution is 2.30. The van der Waals surface area contributed by atoms with Crippen LogP contribution >= 0.6 is 27.3 Å². The number of aliphatic hydroxyl groups is 1. The van der Waals surface area contributed by atoms with Gasteiger partial charge in [0.2, 0.25) is 10.0 Å². The fraction of sp³-hybridized carbons (Fsp3) is 0.556. The third-order valence-corrected chi connectivity index (χ3v) is 6.27. The summed E-state index contributed by atoms with van der Waals surface area (Å²) in [5.74, 6) is 0. The van der Waals surface area contributed by atoms with Crippen molar-refractivity contribution in [3.8, 4) is 0 Å². The van der Waals surface area contributed by atoms with Crippen LogP contribution in [0.25, 0.3) is 0 Å². The number of aryl methyl sites for hydroxylation is 1. The monoisotopic (exact) mass is 327 g/mol. The zero-order valence-corrected chi connectivity index (χ0v) is 12.2. The molecule has 92 valence electrons. The molecule has 1 aromatic rings. The van der Waals surface area contributed by atoms with Crippen LogP contribution in [0.15, 0.2) is 14.1 Å². The molecule has 7 heteroatoms. The molecule has 0 aliphatic rings. The molecule has 0 amide bonds. The Bertz CT molecular complexity index is 432. The van der Waals surface area contributed by atoms with Gasteiger partial charge < -0.3 is 5.11 Å². The van der Waals surface area contributed by atoms with Gasteiger partial charge in [-0.15, -0.1) is 11.3 Å². The van der Waals surface area contributed by atoms with E-state index in [1.165, 1.54) is 11.3 Å². The van der Waals surface area contributed by atoms with E-state index >= 15 is 0 Å². The lowest BCUT2D eigenvalue weighted by atomic mass is 10.3. The molecule has 0 unspecified atom stereocenters. The van der Waals surface area contributed by atoms with Crippen LogP contribution in [0.4, 0.5) is 0 Å². The molecule has 2 N–H and O–H groups in total. The fourth-order valence-corrected chi connectivity index (χ4v) is 4.64. The smallest absolute Gasteiger partial charge is 0.250 e. The predicted octanol–water partition coefficient (Wildman–Crippen LogP) is 1.87. The lowest BCUT2D eigenvalue weighted by molar-refractivity contribution is 0.254. The van der Waals surface area contributed by atoms with E-state index in [4.69, 9.17) is 5.11 Å². The average molecular weight is 328 g/mol. The van der Waals surface area contributed by atoms with Crippen LogP contribution in [0.5, 0.6) is 0 Å². The first kappa shape index (κ1) is 14.1. The summed E-state index contributed by atoms with van der Waals surface area (Å²) in [6.45, 7) is 3.46. The Hall–Kier alpha value is 0.0500. The van der Waals surface area contributed by atoms with E-state index in [9.17, 15) is 8.42 Å². The van der Waals surface area contributed by atoms with Crippen molar-refractivity contribution >= 4 is 37.3 Å². The van der Waals surface area contributed by atoms with E-state index in [1.807, 2.05) is 13.8 Å². The first-order valence-corrected chi connectivity index (χ1v) is 7.89. The van der Waals surface area contributed by atoms with Gasteiger partial charge in [0.25, 0.3) is 0 Å². The number of thiophene rings is 1. The Morgan fingerprint density at radius 3 is 2.62 bits per heavy atom. The topological polar surface area (TPSA) is 66.4 Å². The standard InChI is InChI=1S/C9H14BrNO3S2/c1-3-7(5-12)11-16(13,14)8-4-6(2)9(10)15-8/h4,7,11-12H,3,5H2,1-2H3/t7-/m0/s1. The number of hydrogen-bond donors (Lipinski definition) is 2. The summed E-state index contributed by atoms with van der Waals surface area (Å²) in [5, 5.41) is 8.96. The fourth-order valence-electron chi connectivity index (χ4n) is 1.09. The highest BCUT2D eigenvalue weighted by molar-refractivity contribution is 9.11. The third kappa shape index (κ3) is 3.27. The zero-order valence-electron chi connectivity index (χ0n) is 9.03.